The van der Waals surface area contributed by atoms with Gasteiger partial charge in [0.05, 0.1) is 7.11 Å². The van der Waals surface area contributed by atoms with Gasteiger partial charge >= 0.3 is 0 Å². The van der Waals surface area contributed by atoms with Gasteiger partial charge in [0.15, 0.2) is 5.60 Å². The number of nitrogens with zero attached hydrogens (tertiary/aromatic N) is 2. The zero-order valence-electron chi connectivity index (χ0n) is 18.9. The summed E-state index contributed by atoms with van der Waals surface area (Å²) in [5.41, 5.74) is 2.53. The van der Waals surface area contributed by atoms with Crippen molar-refractivity contribution in [3.8, 4) is 5.75 Å². The van der Waals surface area contributed by atoms with Gasteiger partial charge in [-0.2, -0.15) is 18.6 Å². The number of hydrogen-bond acceptors (Lipinski definition) is 5. The first-order valence-electron chi connectivity index (χ1n) is 10.9. The summed E-state index contributed by atoms with van der Waals surface area (Å²) in [4.78, 5) is 17.3. The number of ether oxygens (including phenoxy) is 1. The summed E-state index contributed by atoms with van der Waals surface area (Å²) >= 11 is 0. The number of carbonyl (C=O) groups excluding carboxylic acids is 1. The van der Waals surface area contributed by atoms with Crippen molar-refractivity contribution in [2.24, 2.45) is 0 Å². The van der Waals surface area contributed by atoms with E-state index < -0.39 is 5.60 Å². The largest absolute Gasteiger partial charge is 0.497 e. The summed E-state index contributed by atoms with van der Waals surface area (Å²) in [7, 11) is 1.58. The van der Waals surface area contributed by atoms with E-state index in [1.165, 1.54) is 18.2 Å². The van der Waals surface area contributed by atoms with Crippen LogP contribution < -0.4 is 15.0 Å². The topological polar surface area (TPSA) is 65.0 Å². The minimum Gasteiger partial charge on any atom is -0.497 e. The van der Waals surface area contributed by atoms with Gasteiger partial charge in [-0.3, -0.25) is 9.69 Å². The Hall–Kier alpha value is -2.70. The Bertz CT molecular complexity index is 872. The number of amides is 1. The number of methoxy groups -OCH3 is 1. The second kappa shape index (κ2) is 10.1. The average Bonchev–Trinajstić information content (AvgIpc) is 2.78. The maximum atomic E-state index is 12.5. The molecule has 3 rings (SSSR count). The Morgan fingerprint density at radius 3 is 2.48 bits per heavy atom. The van der Waals surface area contributed by atoms with Crippen molar-refractivity contribution in [1.82, 2.24) is 10.2 Å². The molecule has 1 saturated heterocycles. The lowest BCUT2D eigenvalue weighted by molar-refractivity contribution is -0.139. The first-order valence-corrected chi connectivity index (χ1v) is 10.9. The van der Waals surface area contributed by atoms with Crippen LogP contribution in [0.25, 0.3) is 0 Å². The van der Waals surface area contributed by atoms with Crippen LogP contribution in [0.3, 0.4) is 0 Å². The van der Waals surface area contributed by atoms with Crippen molar-refractivity contribution < 1.29 is 14.6 Å². The molecular weight excluding hydrogens is 390 g/mol. The summed E-state index contributed by atoms with van der Waals surface area (Å²) in [6, 6.07) is 13.3. The number of benzene rings is 2. The predicted molar refractivity (Wildman–Crippen MR) is 124 cm³/mol. The average molecular weight is 425 g/mol. The zero-order chi connectivity index (χ0) is 22.4. The molecule has 2 N–H and O–H groups in total. The normalized spacial score (nSPS) is 16.6. The monoisotopic (exact) mass is 424 g/mol. The van der Waals surface area contributed by atoms with Crippen molar-refractivity contribution in [2.45, 2.75) is 25.9 Å². The number of piperazine rings is 1. The number of aliphatic hydroxyl groups is 1. The van der Waals surface area contributed by atoms with Crippen LogP contribution in [0.2, 0.25) is 0 Å². The van der Waals surface area contributed by atoms with E-state index in [1.807, 2.05) is 0 Å². The Morgan fingerprint density at radius 2 is 1.84 bits per heavy atom. The van der Waals surface area contributed by atoms with Crippen molar-refractivity contribution >= 4 is 11.6 Å². The molecule has 0 radical (unpaired) electrons. The highest BCUT2D eigenvalue weighted by atomic mass is 16.5. The third-order valence-corrected chi connectivity index (χ3v) is 5.98. The fraction of sp³-hybridized carbons (Fsp3) is 0.440. The quantitative estimate of drug-likeness (QED) is 0.504. The second-order valence-electron chi connectivity index (χ2n) is 8.37. The van der Waals surface area contributed by atoms with E-state index >= 15 is 0 Å². The van der Waals surface area contributed by atoms with Gasteiger partial charge in [0, 0.05) is 32.7 Å². The minimum atomic E-state index is -1.57. The molecule has 31 heavy (non-hydrogen) atoms. The van der Waals surface area contributed by atoms with Crippen LogP contribution in [0.5, 0.6) is 5.75 Å². The number of carbonyl (C=O) groups is 1. The SMILES string of the molecule is [CH2-]c1ccc(C)cc1N1CCN(CCCNC(=O)C(C)(O)c2ccc(OC)cc2)CC1. The van der Waals surface area contributed by atoms with Gasteiger partial charge < -0.3 is 20.1 Å². The third kappa shape index (κ3) is 5.71. The molecule has 1 atom stereocenters. The van der Waals surface area contributed by atoms with Crippen LogP contribution in [-0.4, -0.2) is 62.3 Å². The van der Waals surface area contributed by atoms with Crippen molar-refractivity contribution in [1.29, 1.82) is 0 Å². The van der Waals surface area contributed by atoms with Crippen molar-refractivity contribution in [2.75, 3.05) is 51.3 Å². The molecule has 1 aliphatic heterocycles. The van der Waals surface area contributed by atoms with Crippen LogP contribution in [0.1, 0.15) is 30.0 Å². The van der Waals surface area contributed by atoms with Crippen molar-refractivity contribution in [3.05, 3.63) is 66.1 Å². The number of aryl methyl sites for hydroxylation is 1. The van der Waals surface area contributed by atoms with Gasteiger partial charge in [0.2, 0.25) is 0 Å². The smallest absolute Gasteiger partial charge is 0.256 e. The predicted octanol–water partition coefficient (Wildman–Crippen LogP) is 2.72. The maximum Gasteiger partial charge on any atom is 0.256 e. The van der Waals surface area contributed by atoms with Crippen LogP contribution in [0.4, 0.5) is 5.69 Å². The molecule has 0 spiro atoms. The molecule has 1 unspecified atom stereocenters. The van der Waals surface area contributed by atoms with Crippen LogP contribution >= 0.6 is 0 Å². The molecule has 0 bridgehead atoms. The highest BCUT2D eigenvalue weighted by Gasteiger charge is 2.32. The maximum absolute atomic E-state index is 12.5. The highest BCUT2D eigenvalue weighted by Crippen LogP contribution is 2.24. The standard InChI is InChI=1S/C25H34N3O3/c1-19-6-7-20(2)23(18-19)28-16-14-27(15-17-28)13-5-12-26-24(29)25(3,30)21-8-10-22(31-4)11-9-21/h6-11,18,30H,2,5,12-17H2,1,3-4H3,(H,26,29)/q-1. The van der Waals surface area contributed by atoms with Crippen LogP contribution in [-0.2, 0) is 10.4 Å². The molecule has 0 saturated carbocycles. The van der Waals surface area contributed by atoms with Crippen LogP contribution in [0, 0.1) is 13.8 Å². The van der Waals surface area contributed by atoms with E-state index in [1.54, 1.807) is 31.4 Å². The summed E-state index contributed by atoms with van der Waals surface area (Å²) in [5.74, 6) is 0.304. The number of hydrogen-bond donors (Lipinski definition) is 2. The molecule has 1 amide bonds. The Morgan fingerprint density at radius 1 is 1.16 bits per heavy atom. The Labute approximate surface area is 185 Å². The fourth-order valence-electron chi connectivity index (χ4n) is 3.90. The second-order valence-corrected chi connectivity index (χ2v) is 8.37. The molecule has 1 fully saturated rings. The van der Waals surface area contributed by atoms with Gasteiger partial charge in [-0.1, -0.05) is 29.4 Å². The number of rotatable bonds is 8. The Balaban J connectivity index is 1.41. The van der Waals surface area contributed by atoms with Crippen LogP contribution in [0.15, 0.2) is 42.5 Å². The van der Waals surface area contributed by atoms with Gasteiger partial charge in [0.25, 0.3) is 5.91 Å². The molecule has 6 nitrogen and oxygen atoms in total. The summed E-state index contributed by atoms with van der Waals surface area (Å²) < 4.78 is 5.13. The summed E-state index contributed by atoms with van der Waals surface area (Å²) in [6.45, 7) is 13.2. The van der Waals surface area contributed by atoms with Crippen molar-refractivity contribution in [3.63, 3.8) is 0 Å². The first kappa shape index (κ1) is 23.0. The third-order valence-electron chi connectivity index (χ3n) is 5.98. The summed E-state index contributed by atoms with van der Waals surface area (Å²) in [5, 5.41) is 13.5. The number of anilines is 1. The van der Waals surface area contributed by atoms with Gasteiger partial charge in [-0.25, -0.2) is 0 Å². The first-order chi connectivity index (χ1) is 14.8. The van der Waals surface area contributed by atoms with Gasteiger partial charge in [-0.05, 0) is 44.5 Å². The van der Waals surface area contributed by atoms with E-state index in [-0.39, 0.29) is 5.91 Å². The molecule has 1 heterocycles. The minimum absolute atomic E-state index is 0.384. The zero-order valence-corrected chi connectivity index (χ0v) is 18.9. The van der Waals surface area contributed by atoms with E-state index in [2.05, 4.69) is 47.2 Å². The molecule has 1 aliphatic rings. The highest BCUT2D eigenvalue weighted by molar-refractivity contribution is 5.85. The lowest BCUT2D eigenvalue weighted by Crippen LogP contribution is -2.47. The molecular formula is C25H34N3O3-. The van der Waals surface area contributed by atoms with Gasteiger partial charge in [0.1, 0.15) is 5.75 Å². The van der Waals surface area contributed by atoms with Gasteiger partial charge in [-0.15, -0.1) is 6.07 Å². The lowest BCUT2D eigenvalue weighted by atomic mass is 9.95. The number of nitrogens with one attached hydrogen (secondary N) is 1. The summed E-state index contributed by atoms with van der Waals surface area (Å²) in [6.07, 6.45) is 0.843. The molecule has 0 aliphatic carbocycles. The molecule has 6 heteroatoms. The van der Waals surface area contributed by atoms with E-state index in [0.717, 1.165) is 44.7 Å². The van der Waals surface area contributed by atoms with E-state index in [9.17, 15) is 9.90 Å². The molecule has 168 valence electrons. The Kier molecular flexibility index (Phi) is 7.46. The molecule has 2 aromatic rings. The van der Waals surface area contributed by atoms with E-state index in [4.69, 9.17) is 4.74 Å². The molecule has 2 aromatic carbocycles. The fourth-order valence-corrected chi connectivity index (χ4v) is 3.90. The lowest BCUT2D eigenvalue weighted by Gasteiger charge is -2.40. The molecule has 0 aromatic heterocycles. The van der Waals surface area contributed by atoms with E-state index in [0.29, 0.717) is 17.9 Å².